The van der Waals surface area contributed by atoms with Crippen LogP contribution in [0.5, 0.6) is 0 Å². The van der Waals surface area contributed by atoms with Crippen LogP contribution in [0.15, 0.2) is 0 Å². The zero-order valence-electron chi connectivity index (χ0n) is 16.1. The summed E-state index contributed by atoms with van der Waals surface area (Å²) < 4.78 is 0. The number of nitrogens with zero attached hydrogens (tertiary/aromatic N) is 2. The molecule has 6 heteroatoms. The highest BCUT2D eigenvalue weighted by Gasteiger charge is 2.45. The van der Waals surface area contributed by atoms with Crippen molar-refractivity contribution >= 4 is 12.2 Å². The molecule has 0 bridgehead atoms. The molecule has 0 aromatic carbocycles. The zero-order valence-corrected chi connectivity index (χ0v) is 16.1. The van der Waals surface area contributed by atoms with Crippen LogP contribution >= 0.6 is 0 Å². The maximum Gasteiger partial charge on any atom is 0.407 e. The van der Waals surface area contributed by atoms with Crippen molar-refractivity contribution < 1.29 is 19.8 Å². The molecular formula is C19H34N2O4. The van der Waals surface area contributed by atoms with E-state index in [1.165, 1.54) is 0 Å². The molecule has 2 saturated heterocycles. The van der Waals surface area contributed by atoms with Crippen LogP contribution in [0.3, 0.4) is 0 Å². The number of hydrogen-bond donors (Lipinski definition) is 2. The summed E-state index contributed by atoms with van der Waals surface area (Å²) in [6, 6.07) is 0.115. The van der Waals surface area contributed by atoms with Gasteiger partial charge in [0.15, 0.2) is 0 Å². The average molecular weight is 354 g/mol. The minimum absolute atomic E-state index is 0.0502. The standard InChI is InChI=1S/C19H34N2O4/c1-13(2)19(14(3)4,11-15-7-5-9-20(15)17(22)23)12-16-8-6-10-21(16)18(24)25/h13-16H,5-12H2,1-4H3,(H,22,23)(H,24,25). The van der Waals surface area contributed by atoms with Gasteiger partial charge >= 0.3 is 12.2 Å². The first-order valence-corrected chi connectivity index (χ1v) is 9.68. The van der Waals surface area contributed by atoms with Gasteiger partial charge in [-0.05, 0) is 55.8 Å². The van der Waals surface area contributed by atoms with Crippen LogP contribution in [0, 0.1) is 17.3 Å². The molecule has 6 nitrogen and oxygen atoms in total. The van der Waals surface area contributed by atoms with Crippen LogP contribution < -0.4 is 0 Å². The lowest BCUT2D eigenvalue weighted by atomic mass is 9.61. The van der Waals surface area contributed by atoms with Gasteiger partial charge in [0, 0.05) is 25.2 Å². The molecule has 0 aromatic heterocycles. The van der Waals surface area contributed by atoms with Crippen LogP contribution in [0.2, 0.25) is 0 Å². The van der Waals surface area contributed by atoms with Gasteiger partial charge in [0.25, 0.3) is 0 Å². The second-order valence-electron chi connectivity index (χ2n) is 8.49. The molecule has 0 spiro atoms. The molecule has 25 heavy (non-hydrogen) atoms. The molecule has 144 valence electrons. The molecule has 2 N–H and O–H groups in total. The lowest BCUT2D eigenvalue weighted by Gasteiger charge is -2.47. The number of carboxylic acid groups (broad SMARTS) is 2. The molecule has 0 radical (unpaired) electrons. The third kappa shape index (κ3) is 4.04. The Balaban J connectivity index is 2.25. The SMILES string of the molecule is CC(C)C(CC1CCCN1C(=O)O)(CC1CCCN1C(=O)O)C(C)C. The van der Waals surface area contributed by atoms with Gasteiger partial charge in [-0.2, -0.15) is 0 Å². The molecule has 2 amide bonds. The van der Waals surface area contributed by atoms with Crippen LogP contribution in [-0.2, 0) is 0 Å². The Bertz CT molecular complexity index is 448. The van der Waals surface area contributed by atoms with Gasteiger partial charge in [-0.3, -0.25) is 0 Å². The third-order valence-electron chi connectivity index (χ3n) is 6.78. The number of amides is 2. The van der Waals surface area contributed by atoms with E-state index in [0.29, 0.717) is 24.9 Å². The van der Waals surface area contributed by atoms with Crippen molar-refractivity contribution in [3.05, 3.63) is 0 Å². The third-order valence-corrected chi connectivity index (χ3v) is 6.78. The summed E-state index contributed by atoms with van der Waals surface area (Å²) in [7, 11) is 0. The fraction of sp³-hybridized carbons (Fsp3) is 0.895. The molecule has 0 aliphatic carbocycles. The normalized spacial score (nSPS) is 24.6. The first-order chi connectivity index (χ1) is 11.7. The lowest BCUT2D eigenvalue weighted by molar-refractivity contribution is 0.0261. The van der Waals surface area contributed by atoms with E-state index in [2.05, 4.69) is 27.7 Å². The molecule has 2 fully saturated rings. The number of carbonyl (C=O) groups is 2. The molecule has 2 unspecified atom stereocenters. The monoisotopic (exact) mass is 354 g/mol. The van der Waals surface area contributed by atoms with E-state index in [1.54, 1.807) is 9.80 Å². The fourth-order valence-corrected chi connectivity index (χ4v) is 5.17. The van der Waals surface area contributed by atoms with Gasteiger partial charge in [0.05, 0.1) is 0 Å². The van der Waals surface area contributed by atoms with Crippen molar-refractivity contribution in [1.82, 2.24) is 9.80 Å². The van der Waals surface area contributed by atoms with E-state index in [-0.39, 0.29) is 17.5 Å². The van der Waals surface area contributed by atoms with Crippen molar-refractivity contribution in [2.75, 3.05) is 13.1 Å². The number of rotatable bonds is 6. The van der Waals surface area contributed by atoms with Gasteiger partial charge < -0.3 is 20.0 Å². The Morgan fingerprint density at radius 3 is 1.52 bits per heavy atom. The maximum absolute atomic E-state index is 11.6. The highest BCUT2D eigenvalue weighted by atomic mass is 16.4. The number of likely N-dealkylation sites (tertiary alicyclic amines) is 2. The van der Waals surface area contributed by atoms with Gasteiger partial charge in [0.1, 0.15) is 0 Å². The quantitative estimate of drug-likeness (QED) is 0.743. The van der Waals surface area contributed by atoms with Gasteiger partial charge in [-0.1, -0.05) is 27.7 Å². The summed E-state index contributed by atoms with van der Waals surface area (Å²) in [6.45, 7) is 10.1. The predicted molar refractivity (Wildman–Crippen MR) is 96.8 cm³/mol. The fourth-order valence-electron chi connectivity index (χ4n) is 5.17. The molecule has 0 saturated carbocycles. The topological polar surface area (TPSA) is 81.1 Å². The number of hydrogen-bond acceptors (Lipinski definition) is 2. The molecule has 0 aromatic rings. The van der Waals surface area contributed by atoms with E-state index in [0.717, 1.165) is 38.5 Å². The van der Waals surface area contributed by atoms with E-state index < -0.39 is 12.2 Å². The molecule has 2 heterocycles. The molecule has 2 aliphatic rings. The summed E-state index contributed by atoms with van der Waals surface area (Å²) in [5, 5.41) is 19.0. The van der Waals surface area contributed by atoms with Crippen molar-refractivity contribution in [1.29, 1.82) is 0 Å². The first-order valence-electron chi connectivity index (χ1n) is 9.68. The highest BCUT2D eigenvalue weighted by molar-refractivity contribution is 5.66. The average Bonchev–Trinajstić information content (AvgIpc) is 3.14. The van der Waals surface area contributed by atoms with E-state index in [4.69, 9.17) is 0 Å². The van der Waals surface area contributed by atoms with Gasteiger partial charge in [-0.15, -0.1) is 0 Å². The molecular weight excluding hydrogens is 320 g/mol. The van der Waals surface area contributed by atoms with Crippen LogP contribution in [-0.4, -0.2) is 57.4 Å². The summed E-state index contributed by atoms with van der Waals surface area (Å²) in [4.78, 5) is 26.3. The summed E-state index contributed by atoms with van der Waals surface area (Å²) in [5.41, 5.74) is -0.0502. The Kier molecular flexibility index (Phi) is 6.22. The minimum atomic E-state index is -0.822. The summed E-state index contributed by atoms with van der Waals surface area (Å²) >= 11 is 0. The van der Waals surface area contributed by atoms with Crippen molar-refractivity contribution in [2.24, 2.45) is 17.3 Å². The molecule has 2 atom stereocenters. The van der Waals surface area contributed by atoms with E-state index in [9.17, 15) is 19.8 Å². The second kappa shape index (κ2) is 7.83. The second-order valence-corrected chi connectivity index (χ2v) is 8.49. The first kappa shape index (κ1) is 19.9. The Labute approximate surface area is 151 Å². The largest absolute Gasteiger partial charge is 0.465 e. The maximum atomic E-state index is 11.6. The van der Waals surface area contributed by atoms with Crippen LogP contribution in [0.1, 0.15) is 66.2 Å². The zero-order chi connectivity index (χ0) is 18.8. The van der Waals surface area contributed by atoms with Gasteiger partial charge in [-0.25, -0.2) is 9.59 Å². The summed E-state index contributed by atoms with van der Waals surface area (Å²) in [6.07, 6.45) is 3.70. The van der Waals surface area contributed by atoms with Crippen molar-refractivity contribution in [3.8, 4) is 0 Å². The Morgan fingerprint density at radius 2 is 1.24 bits per heavy atom. The Morgan fingerprint density at radius 1 is 0.880 bits per heavy atom. The molecule has 2 aliphatic heterocycles. The van der Waals surface area contributed by atoms with Crippen molar-refractivity contribution in [3.63, 3.8) is 0 Å². The predicted octanol–water partition coefficient (Wildman–Crippen LogP) is 4.35. The van der Waals surface area contributed by atoms with E-state index in [1.807, 2.05) is 0 Å². The van der Waals surface area contributed by atoms with Crippen LogP contribution in [0.25, 0.3) is 0 Å². The Hall–Kier alpha value is -1.46. The van der Waals surface area contributed by atoms with E-state index >= 15 is 0 Å². The smallest absolute Gasteiger partial charge is 0.407 e. The minimum Gasteiger partial charge on any atom is -0.465 e. The van der Waals surface area contributed by atoms with Gasteiger partial charge in [0.2, 0.25) is 0 Å². The molecule has 2 rings (SSSR count). The summed E-state index contributed by atoms with van der Waals surface area (Å²) in [5.74, 6) is 0.750. The van der Waals surface area contributed by atoms with Crippen molar-refractivity contribution in [2.45, 2.75) is 78.3 Å². The highest BCUT2D eigenvalue weighted by Crippen LogP contribution is 2.48. The van der Waals surface area contributed by atoms with Crippen LogP contribution in [0.4, 0.5) is 9.59 Å². The lowest BCUT2D eigenvalue weighted by Crippen LogP contribution is -2.47.